The quantitative estimate of drug-likeness (QED) is 0.396. The van der Waals surface area contributed by atoms with Crippen molar-refractivity contribution in [3.8, 4) is 0 Å². The molecule has 0 nitrogen and oxygen atoms in total. The largest absolute Gasteiger partial charge is 0.205 e. The number of allylic oxidation sites excluding steroid dienone is 2. The van der Waals surface area contributed by atoms with Gasteiger partial charge in [0.25, 0.3) is 0 Å². The minimum absolute atomic E-state index is 0.198. The molecule has 0 bridgehead atoms. The average Bonchev–Trinajstić information content (AvgIpc) is 2.60. The van der Waals surface area contributed by atoms with E-state index < -0.39 is 0 Å². The number of hydrogen-bond acceptors (Lipinski definition) is 0. The molecule has 24 heavy (non-hydrogen) atoms. The number of rotatable bonds is 9. The molecule has 0 saturated heterocycles. The van der Waals surface area contributed by atoms with Gasteiger partial charge in [-0.05, 0) is 54.7 Å². The van der Waals surface area contributed by atoms with Crippen LogP contribution in [-0.4, -0.2) is 0 Å². The highest BCUT2D eigenvalue weighted by Gasteiger charge is 2.19. The molecule has 0 amide bonds. The zero-order valence-electron chi connectivity index (χ0n) is 15.3. The fourth-order valence-electron chi connectivity index (χ4n) is 3.67. The predicted octanol–water partition coefficient (Wildman–Crippen LogP) is 7.98. The Morgan fingerprint density at radius 1 is 1.08 bits per heavy atom. The van der Waals surface area contributed by atoms with E-state index in [0.29, 0.717) is 5.02 Å². The van der Waals surface area contributed by atoms with Crippen molar-refractivity contribution in [2.45, 2.75) is 84.5 Å². The third-order valence-corrected chi connectivity index (χ3v) is 5.66. The molecule has 1 atom stereocenters. The SMILES string of the molecule is CCCCCc1ccc(C2=CCC(CCCCC)CC2)c(Cl)c1F. The first-order chi connectivity index (χ1) is 11.7. The van der Waals surface area contributed by atoms with E-state index in [4.69, 9.17) is 11.6 Å². The molecule has 0 fully saturated rings. The van der Waals surface area contributed by atoms with Gasteiger partial charge in [-0.3, -0.25) is 0 Å². The van der Waals surface area contributed by atoms with E-state index in [2.05, 4.69) is 19.9 Å². The van der Waals surface area contributed by atoms with E-state index in [-0.39, 0.29) is 5.82 Å². The van der Waals surface area contributed by atoms with E-state index in [1.807, 2.05) is 12.1 Å². The van der Waals surface area contributed by atoms with E-state index in [0.717, 1.165) is 55.6 Å². The molecule has 1 aromatic carbocycles. The summed E-state index contributed by atoms with van der Waals surface area (Å²) in [4.78, 5) is 0. The maximum absolute atomic E-state index is 14.6. The van der Waals surface area contributed by atoms with E-state index >= 15 is 0 Å². The second-order valence-corrected chi connectivity index (χ2v) is 7.60. The molecular weight excluding hydrogens is 319 g/mol. The number of unbranched alkanes of at least 4 members (excludes halogenated alkanes) is 4. The van der Waals surface area contributed by atoms with Gasteiger partial charge >= 0.3 is 0 Å². The van der Waals surface area contributed by atoms with Gasteiger partial charge in [-0.2, -0.15) is 0 Å². The van der Waals surface area contributed by atoms with Crippen molar-refractivity contribution in [3.63, 3.8) is 0 Å². The Kier molecular flexibility index (Phi) is 8.32. The summed E-state index contributed by atoms with van der Waals surface area (Å²) in [5.74, 6) is 0.605. The van der Waals surface area contributed by atoms with Gasteiger partial charge in [0, 0.05) is 0 Å². The Morgan fingerprint density at radius 3 is 2.50 bits per heavy atom. The number of benzene rings is 1. The lowest BCUT2D eigenvalue weighted by atomic mass is 9.83. The van der Waals surface area contributed by atoms with Crippen LogP contribution in [0.1, 0.15) is 89.2 Å². The van der Waals surface area contributed by atoms with Crippen LogP contribution in [0.4, 0.5) is 4.39 Å². The van der Waals surface area contributed by atoms with E-state index in [1.54, 1.807) is 0 Å². The summed E-state index contributed by atoms with van der Waals surface area (Å²) in [6.45, 7) is 4.42. The van der Waals surface area contributed by atoms with Crippen molar-refractivity contribution in [1.82, 2.24) is 0 Å². The van der Waals surface area contributed by atoms with Crippen LogP contribution in [0, 0.1) is 11.7 Å². The topological polar surface area (TPSA) is 0 Å². The summed E-state index contributed by atoms with van der Waals surface area (Å²) in [6, 6.07) is 3.98. The highest BCUT2D eigenvalue weighted by atomic mass is 35.5. The first-order valence-corrected chi connectivity index (χ1v) is 10.2. The van der Waals surface area contributed by atoms with Crippen LogP contribution >= 0.6 is 11.6 Å². The maximum Gasteiger partial charge on any atom is 0.145 e. The summed E-state index contributed by atoms with van der Waals surface area (Å²) in [5.41, 5.74) is 2.93. The van der Waals surface area contributed by atoms with Crippen molar-refractivity contribution in [3.05, 3.63) is 40.2 Å². The molecule has 2 rings (SSSR count). The first-order valence-electron chi connectivity index (χ1n) is 9.83. The molecule has 0 saturated carbocycles. The molecule has 2 heteroatoms. The van der Waals surface area contributed by atoms with Crippen LogP contribution < -0.4 is 0 Å². The molecule has 134 valence electrons. The van der Waals surface area contributed by atoms with Gasteiger partial charge in [-0.25, -0.2) is 4.39 Å². The number of halogens is 2. The standard InChI is InChI=1S/C22H32ClF/c1-3-5-7-9-17-11-13-18(14-12-17)20-16-15-19(10-8-6-4-2)22(24)21(20)23/h13,15-17H,3-12,14H2,1-2H3. The molecule has 1 aliphatic carbocycles. The maximum atomic E-state index is 14.6. The molecule has 0 radical (unpaired) electrons. The molecule has 0 heterocycles. The van der Waals surface area contributed by atoms with Gasteiger partial charge in [0.15, 0.2) is 0 Å². The third-order valence-electron chi connectivity index (χ3n) is 5.29. The fraction of sp³-hybridized carbons (Fsp3) is 0.636. The van der Waals surface area contributed by atoms with Gasteiger partial charge in [-0.1, -0.05) is 82.2 Å². The van der Waals surface area contributed by atoms with Crippen molar-refractivity contribution in [2.24, 2.45) is 5.92 Å². The molecule has 0 N–H and O–H groups in total. The Morgan fingerprint density at radius 2 is 1.83 bits per heavy atom. The zero-order chi connectivity index (χ0) is 17.4. The smallest absolute Gasteiger partial charge is 0.145 e. The van der Waals surface area contributed by atoms with Crippen LogP contribution in [0.3, 0.4) is 0 Å². The van der Waals surface area contributed by atoms with Crippen LogP contribution in [-0.2, 0) is 6.42 Å². The lowest BCUT2D eigenvalue weighted by Gasteiger charge is -2.23. The highest BCUT2D eigenvalue weighted by Crippen LogP contribution is 2.37. The summed E-state index contributed by atoms with van der Waals surface area (Å²) in [5, 5.41) is 0.333. The lowest BCUT2D eigenvalue weighted by molar-refractivity contribution is 0.428. The Bertz CT molecular complexity index is 547. The highest BCUT2D eigenvalue weighted by molar-refractivity contribution is 6.32. The van der Waals surface area contributed by atoms with Crippen LogP contribution in [0.2, 0.25) is 5.02 Å². The minimum Gasteiger partial charge on any atom is -0.205 e. The van der Waals surface area contributed by atoms with Crippen molar-refractivity contribution in [1.29, 1.82) is 0 Å². The minimum atomic E-state index is -0.198. The van der Waals surface area contributed by atoms with Crippen LogP contribution in [0.15, 0.2) is 18.2 Å². The normalized spacial score (nSPS) is 17.8. The molecule has 1 aliphatic rings. The monoisotopic (exact) mass is 350 g/mol. The molecule has 1 unspecified atom stereocenters. The lowest BCUT2D eigenvalue weighted by Crippen LogP contribution is -2.06. The summed E-state index contributed by atoms with van der Waals surface area (Å²) in [6.07, 6.45) is 15.1. The second-order valence-electron chi connectivity index (χ2n) is 7.22. The van der Waals surface area contributed by atoms with Gasteiger partial charge in [0.05, 0.1) is 5.02 Å². The molecule has 0 aliphatic heterocycles. The van der Waals surface area contributed by atoms with Gasteiger partial charge < -0.3 is 0 Å². The van der Waals surface area contributed by atoms with Crippen molar-refractivity contribution < 1.29 is 4.39 Å². The molecular formula is C22H32ClF. The fourth-order valence-corrected chi connectivity index (χ4v) is 3.98. The number of hydrogen-bond donors (Lipinski definition) is 0. The van der Waals surface area contributed by atoms with Crippen LogP contribution in [0.25, 0.3) is 5.57 Å². The van der Waals surface area contributed by atoms with Gasteiger partial charge in [-0.15, -0.1) is 0 Å². The average molecular weight is 351 g/mol. The van der Waals surface area contributed by atoms with E-state index in [1.165, 1.54) is 37.7 Å². The summed E-state index contributed by atoms with van der Waals surface area (Å²) >= 11 is 6.37. The Labute approximate surface area is 152 Å². The Hall–Kier alpha value is -0.820. The molecule has 1 aromatic rings. The third kappa shape index (κ3) is 5.34. The van der Waals surface area contributed by atoms with E-state index in [9.17, 15) is 4.39 Å². The molecule has 0 aromatic heterocycles. The summed E-state index contributed by atoms with van der Waals surface area (Å²) < 4.78 is 14.6. The Balaban J connectivity index is 2.00. The predicted molar refractivity (Wildman–Crippen MR) is 104 cm³/mol. The van der Waals surface area contributed by atoms with Gasteiger partial charge in [0.1, 0.15) is 5.82 Å². The second kappa shape index (κ2) is 10.2. The van der Waals surface area contributed by atoms with Crippen molar-refractivity contribution >= 4 is 17.2 Å². The van der Waals surface area contributed by atoms with Crippen LogP contribution in [0.5, 0.6) is 0 Å². The number of aryl methyl sites for hydroxylation is 1. The molecule has 0 spiro atoms. The van der Waals surface area contributed by atoms with Gasteiger partial charge in [0.2, 0.25) is 0 Å². The summed E-state index contributed by atoms with van der Waals surface area (Å²) in [7, 11) is 0. The zero-order valence-corrected chi connectivity index (χ0v) is 16.1. The first kappa shape index (κ1) is 19.5. The van der Waals surface area contributed by atoms with Crippen molar-refractivity contribution in [2.75, 3.05) is 0 Å².